The van der Waals surface area contributed by atoms with Gasteiger partial charge in [0.2, 0.25) is 0 Å². The zero-order chi connectivity index (χ0) is 28.7. The van der Waals surface area contributed by atoms with Crippen LogP contribution in [0.2, 0.25) is 0 Å². The van der Waals surface area contributed by atoms with E-state index in [2.05, 4.69) is 63.4 Å². The normalized spacial score (nSPS) is 11.2. The quantitative estimate of drug-likeness (QED) is 0.0859. The number of hydrogen-bond acceptors (Lipinski definition) is 2. The standard InChI is InChI=1S/C38H60O2/c1-5-7-9-11-13-15-17-19-21-23-29-39-33(3)36-27-25-35-26-28-37(32-38(35)31-36)34(4)40-30-24-22-20-18-16-14-12-10-8-6-2/h25-28,31-32H,3-24,29-30H2,1-2H3. The molecule has 2 heteroatoms. The molecule has 0 heterocycles. The van der Waals surface area contributed by atoms with E-state index in [0.717, 1.165) is 48.7 Å². The van der Waals surface area contributed by atoms with Crippen LogP contribution in [-0.2, 0) is 9.47 Å². The van der Waals surface area contributed by atoms with Gasteiger partial charge in [-0.1, -0.05) is 167 Å². The second-order valence-electron chi connectivity index (χ2n) is 11.7. The predicted octanol–water partition coefficient (Wildman–Crippen LogP) is 12.7. The van der Waals surface area contributed by atoms with Crippen LogP contribution in [0.3, 0.4) is 0 Å². The molecule has 0 spiro atoms. The summed E-state index contributed by atoms with van der Waals surface area (Å²) >= 11 is 0. The maximum absolute atomic E-state index is 6.01. The molecule has 0 aliphatic carbocycles. The molecule has 0 amide bonds. The van der Waals surface area contributed by atoms with Gasteiger partial charge in [0.15, 0.2) is 0 Å². The first-order chi connectivity index (χ1) is 19.7. The highest BCUT2D eigenvalue weighted by atomic mass is 16.5. The van der Waals surface area contributed by atoms with Crippen LogP contribution in [0.5, 0.6) is 0 Å². The molecule has 0 bridgehead atoms. The van der Waals surface area contributed by atoms with E-state index in [1.165, 1.54) is 126 Å². The Bertz CT molecular complexity index is 871. The van der Waals surface area contributed by atoms with Gasteiger partial charge < -0.3 is 9.47 Å². The number of benzene rings is 2. The summed E-state index contributed by atoms with van der Waals surface area (Å²) in [7, 11) is 0. The fourth-order valence-corrected chi connectivity index (χ4v) is 5.33. The second kappa shape index (κ2) is 22.5. The van der Waals surface area contributed by atoms with Crippen molar-refractivity contribution in [2.75, 3.05) is 13.2 Å². The minimum atomic E-state index is 0.747. The predicted molar refractivity (Wildman–Crippen MR) is 178 cm³/mol. The third kappa shape index (κ3) is 15.0. The highest BCUT2D eigenvalue weighted by molar-refractivity contribution is 5.88. The third-order valence-electron chi connectivity index (χ3n) is 8.03. The van der Waals surface area contributed by atoms with E-state index in [-0.39, 0.29) is 0 Å². The Labute approximate surface area is 247 Å². The fraction of sp³-hybridized carbons (Fsp3) is 0.632. The first-order valence-electron chi connectivity index (χ1n) is 16.8. The minimum absolute atomic E-state index is 0.747. The van der Waals surface area contributed by atoms with Gasteiger partial charge in [0.1, 0.15) is 11.5 Å². The maximum Gasteiger partial charge on any atom is 0.119 e. The molecule has 0 saturated carbocycles. The highest BCUT2D eigenvalue weighted by Crippen LogP contribution is 2.25. The van der Waals surface area contributed by atoms with Crippen LogP contribution in [0, 0.1) is 0 Å². The number of unbranched alkanes of at least 4 members (excludes halogenated alkanes) is 18. The van der Waals surface area contributed by atoms with E-state index in [0.29, 0.717) is 0 Å². The SMILES string of the molecule is C=C(OCCCCCCCCCCCC)c1ccc2ccc(C(=C)OCCCCCCCCCCCC)cc2c1. The first kappa shape index (κ1) is 34.0. The molecule has 0 aliphatic heterocycles. The molecule has 0 radical (unpaired) electrons. The van der Waals surface area contributed by atoms with Gasteiger partial charge in [0.25, 0.3) is 0 Å². The van der Waals surface area contributed by atoms with Crippen LogP contribution in [0.1, 0.15) is 153 Å². The molecule has 2 aromatic rings. The smallest absolute Gasteiger partial charge is 0.119 e. The molecule has 0 saturated heterocycles. The summed E-state index contributed by atoms with van der Waals surface area (Å²) in [5, 5.41) is 2.37. The zero-order valence-electron chi connectivity index (χ0n) is 26.3. The monoisotopic (exact) mass is 548 g/mol. The van der Waals surface area contributed by atoms with Gasteiger partial charge in [0.05, 0.1) is 13.2 Å². The van der Waals surface area contributed by atoms with Crippen molar-refractivity contribution in [3.63, 3.8) is 0 Å². The summed E-state index contributed by atoms with van der Waals surface area (Å²) in [6.07, 6.45) is 26.7. The Morgan fingerprint density at radius 1 is 0.450 bits per heavy atom. The summed E-state index contributed by atoms with van der Waals surface area (Å²) < 4.78 is 12.0. The van der Waals surface area contributed by atoms with E-state index < -0.39 is 0 Å². The van der Waals surface area contributed by atoms with Crippen LogP contribution in [0.25, 0.3) is 22.3 Å². The van der Waals surface area contributed by atoms with Crippen LogP contribution < -0.4 is 0 Å². The van der Waals surface area contributed by atoms with Gasteiger partial charge in [-0.2, -0.15) is 0 Å². The van der Waals surface area contributed by atoms with Gasteiger partial charge in [-0.15, -0.1) is 0 Å². The summed E-state index contributed by atoms with van der Waals surface area (Å²) in [5.41, 5.74) is 2.10. The van der Waals surface area contributed by atoms with E-state index in [4.69, 9.17) is 9.47 Å². The molecule has 2 rings (SSSR count). The number of ether oxygens (including phenoxy) is 2. The average Bonchev–Trinajstić information content (AvgIpc) is 2.97. The van der Waals surface area contributed by atoms with Crippen molar-refractivity contribution in [3.8, 4) is 0 Å². The van der Waals surface area contributed by atoms with Crippen molar-refractivity contribution in [2.45, 2.75) is 142 Å². The highest BCUT2D eigenvalue weighted by Gasteiger charge is 2.06. The van der Waals surface area contributed by atoms with Crippen molar-refractivity contribution in [1.29, 1.82) is 0 Å². The second-order valence-corrected chi connectivity index (χ2v) is 11.7. The summed E-state index contributed by atoms with van der Waals surface area (Å²) in [6, 6.07) is 12.9. The Morgan fingerprint density at radius 3 is 1.12 bits per heavy atom. The summed E-state index contributed by atoms with van der Waals surface area (Å²) in [6.45, 7) is 14.5. The zero-order valence-corrected chi connectivity index (χ0v) is 26.3. The van der Waals surface area contributed by atoms with E-state index in [1.807, 2.05) is 0 Å². The molecule has 2 nitrogen and oxygen atoms in total. The third-order valence-corrected chi connectivity index (χ3v) is 8.03. The average molecular weight is 549 g/mol. The molecule has 0 fully saturated rings. The number of fused-ring (bicyclic) bond motifs is 1. The van der Waals surface area contributed by atoms with Gasteiger partial charge in [-0.3, -0.25) is 0 Å². The van der Waals surface area contributed by atoms with Crippen LogP contribution in [-0.4, -0.2) is 13.2 Å². The number of hydrogen-bond donors (Lipinski definition) is 0. The molecule has 0 unspecified atom stereocenters. The minimum Gasteiger partial charge on any atom is -0.494 e. The number of rotatable bonds is 26. The van der Waals surface area contributed by atoms with E-state index in [1.54, 1.807) is 0 Å². The topological polar surface area (TPSA) is 18.5 Å². The Balaban J connectivity index is 1.63. The summed E-state index contributed by atoms with van der Waals surface area (Å²) in [5.74, 6) is 1.53. The lowest BCUT2D eigenvalue weighted by atomic mass is 10.0. The Kier molecular flexibility index (Phi) is 19.1. The summed E-state index contributed by atoms with van der Waals surface area (Å²) in [4.78, 5) is 0. The van der Waals surface area contributed by atoms with Gasteiger partial charge in [0, 0.05) is 11.1 Å². The molecule has 0 N–H and O–H groups in total. The van der Waals surface area contributed by atoms with Crippen molar-refractivity contribution >= 4 is 22.3 Å². The lowest BCUT2D eigenvalue weighted by Crippen LogP contribution is -1.96. The Hall–Kier alpha value is -2.22. The maximum atomic E-state index is 6.01. The molecule has 224 valence electrons. The largest absolute Gasteiger partial charge is 0.494 e. The Morgan fingerprint density at radius 2 is 0.775 bits per heavy atom. The van der Waals surface area contributed by atoms with Crippen molar-refractivity contribution < 1.29 is 9.47 Å². The molecule has 0 aliphatic rings. The lowest BCUT2D eigenvalue weighted by Gasteiger charge is -2.12. The molecule has 0 atom stereocenters. The van der Waals surface area contributed by atoms with Crippen molar-refractivity contribution in [3.05, 3.63) is 60.7 Å². The van der Waals surface area contributed by atoms with Crippen LogP contribution >= 0.6 is 0 Å². The fourth-order valence-electron chi connectivity index (χ4n) is 5.33. The van der Waals surface area contributed by atoms with E-state index in [9.17, 15) is 0 Å². The first-order valence-corrected chi connectivity index (χ1v) is 16.8. The molecular formula is C38H60O2. The molecular weight excluding hydrogens is 488 g/mol. The van der Waals surface area contributed by atoms with E-state index >= 15 is 0 Å². The molecule has 40 heavy (non-hydrogen) atoms. The van der Waals surface area contributed by atoms with Crippen molar-refractivity contribution in [2.24, 2.45) is 0 Å². The lowest BCUT2D eigenvalue weighted by molar-refractivity contribution is 0.267. The van der Waals surface area contributed by atoms with Crippen LogP contribution in [0.4, 0.5) is 0 Å². The van der Waals surface area contributed by atoms with Crippen LogP contribution in [0.15, 0.2) is 49.6 Å². The van der Waals surface area contributed by atoms with Crippen molar-refractivity contribution in [1.82, 2.24) is 0 Å². The van der Waals surface area contributed by atoms with Gasteiger partial charge >= 0.3 is 0 Å². The van der Waals surface area contributed by atoms with Gasteiger partial charge in [-0.05, 0) is 35.7 Å². The van der Waals surface area contributed by atoms with Gasteiger partial charge in [-0.25, -0.2) is 0 Å². The molecule has 2 aromatic carbocycles. The molecule has 0 aromatic heterocycles.